The summed E-state index contributed by atoms with van der Waals surface area (Å²) in [4.78, 5) is 2.32. The zero-order valence-corrected chi connectivity index (χ0v) is 15.0. The molecule has 1 aromatic rings. The molecule has 1 atom stereocenters. The third-order valence-electron chi connectivity index (χ3n) is 5.81. The smallest absolute Gasteiger partial charge is 0.103 e. The summed E-state index contributed by atoms with van der Waals surface area (Å²) in [5.74, 6) is 0.734. The lowest BCUT2D eigenvalue weighted by Gasteiger charge is -2.50. The summed E-state index contributed by atoms with van der Waals surface area (Å²) in [6, 6.07) is 4.17. The van der Waals surface area contributed by atoms with E-state index in [-0.39, 0.29) is 5.41 Å². The number of rotatable bonds is 3. The molecule has 1 aliphatic rings. The van der Waals surface area contributed by atoms with E-state index < -0.39 is 5.60 Å². The monoisotopic (exact) mass is 309 g/mol. The van der Waals surface area contributed by atoms with Crippen molar-refractivity contribution < 1.29 is 5.11 Å². The molecule has 0 spiro atoms. The maximum Gasteiger partial charge on any atom is 0.103 e. The lowest BCUT2D eigenvalue weighted by Crippen LogP contribution is -2.51. The van der Waals surface area contributed by atoms with Crippen LogP contribution in [0.2, 0.25) is 0 Å². The van der Waals surface area contributed by atoms with Gasteiger partial charge in [0.25, 0.3) is 0 Å². The van der Waals surface area contributed by atoms with E-state index in [1.165, 1.54) is 17.7 Å². The Labute approximate surface area is 133 Å². The standard InChI is InChI=1S/C18H31NOS/c1-13-6-7-15(21-13)17(5,20)18(12-19)10-8-14(9-11-18)16(2,3)4/h6-7,14,20H,8-12,19H2,1-5H3. The van der Waals surface area contributed by atoms with Crippen LogP contribution in [0.5, 0.6) is 0 Å². The normalized spacial score (nSPS) is 30.1. The molecular formula is C18H31NOS. The molecular weight excluding hydrogens is 278 g/mol. The molecule has 1 saturated carbocycles. The van der Waals surface area contributed by atoms with Gasteiger partial charge in [-0.25, -0.2) is 0 Å². The highest BCUT2D eigenvalue weighted by molar-refractivity contribution is 7.12. The summed E-state index contributed by atoms with van der Waals surface area (Å²) in [6.07, 6.45) is 4.38. The fourth-order valence-corrected chi connectivity index (χ4v) is 4.92. The third kappa shape index (κ3) is 3.06. The average Bonchev–Trinajstić information content (AvgIpc) is 2.85. The highest BCUT2D eigenvalue weighted by Gasteiger charge is 2.50. The SMILES string of the molecule is Cc1ccc(C(C)(O)C2(CN)CCC(C(C)(C)C)CC2)s1. The van der Waals surface area contributed by atoms with Crippen LogP contribution >= 0.6 is 11.3 Å². The number of aliphatic hydroxyl groups is 1. The Hall–Kier alpha value is -0.380. The second-order valence-corrected chi connectivity index (χ2v) is 9.40. The van der Waals surface area contributed by atoms with Gasteiger partial charge >= 0.3 is 0 Å². The molecule has 21 heavy (non-hydrogen) atoms. The summed E-state index contributed by atoms with van der Waals surface area (Å²) in [7, 11) is 0. The molecule has 3 heteroatoms. The number of thiophene rings is 1. The van der Waals surface area contributed by atoms with Crippen LogP contribution in [0.3, 0.4) is 0 Å². The Morgan fingerprint density at radius 2 is 1.81 bits per heavy atom. The number of nitrogens with two attached hydrogens (primary N) is 1. The molecule has 2 nitrogen and oxygen atoms in total. The first-order valence-corrected chi connectivity index (χ1v) is 8.93. The molecule has 0 aromatic carbocycles. The van der Waals surface area contributed by atoms with Gasteiger partial charge in [0.2, 0.25) is 0 Å². The van der Waals surface area contributed by atoms with Gasteiger partial charge in [0.15, 0.2) is 0 Å². The van der Waals surface area contributed by atoms with Gasteiger partial charge in [-0.05, 0) is 63.0 Å². The van der Waals surface area contributed by atoms with Crippen LogP contribution in [0.1, 0.15) is 63.1 Å². The van der Waals surface area contributed by atoms with Gasteiger partial charge in [0, 0.05) is 21.7 Å². The Balaban J connectivity index is 2.23. The van der Waals surface area contributed by atoms with Crippen molar-refractivity contribution in [3.63, 3.8) is 0 Å². The molecule has 0 amide bonds. The molecule has 0 aliphatic heterocycles. The predicted octanol–water partition coefficient (Wildman–Crippen LogP) is 4.45. The lowest BCUT2D eigenvalue weighted by molar-refractivity contribution is -0.102. The minimum Gasteiger partial charge on any atom is -0.384 e. The molecule has 0 radical (unpaired) electrons. The molecule has 120 valence electrons. The van der Waals surface area contributed by atoms with E-state index in [1.807, 2.05) is 6.92 Å². The van der Waals surface area contributed by atoms with E-state index in [9.17, 15) is 5.11 Å². The fraction of sp³-hybridized carbons (Fsp3) is 0.778. The summed E-state index contributed by atoms with van der Waals surface area (Å²) >= 11 is 1.70. The van der Waals surface area contributed by atoms with E-state index in [0.29, 0.717) is 12.0 Å². The average molecular weight is 310 g/mol. The minimum absolute atomic E-state index is 0.175. The Morgan fingerprint density at radius 3 is 2.19 bits per heavy atom. The van der Waals surface area contributed by atoms with Gasteiger partial charge in [0.05, 0.1) is 0 Å². The van der Waals surface area contributed by atoms with Gasteiger partial charge in [-0.2, -0.15) is 0 Å². The van der Waals surface area contributed by atoms with E-state index in [4.69, 9.17) is 5.73 Å². The molecule has 1 fully saturated rings. The zero-order chi connectivity index (χ0) is 15.9. The number of hydrogen-bond acceptors (Lipinski definition) is 3. The van der Waals surface area contributed by atoms with Gasteiger partial charge in [0.1, 0.15) is 5.60 Å². The van der Waals surface area contributed by atoms with E-state index in [2.05, 4.69) is 39.8 Å². The topological polar surface area (TPSA) is 46.2 Å². The van der Waals surface area contributed by atoms with Crippen LogP contribution in [0.15, 0.2) is 12.1 Å². The number of aryl methyl sites for hydroxylation is 1. The maximum absolute atomic E-state index is 11.3. The zero-order valence-electron chi connectivity index (χ0n) is 14.2. The van der Waals surface area contributed by atoms with Crippen LogP contribution < -0.4 is 5.73 Å². The quantitative estimate of drug-likeness (QED) is 0.866. The molecule has 1 aromatic heterocycles. The Kier molecular flexibility index (Phi) is 4.59. The summed E-state index contributed by atoms with van der Waals surface area (Å²) < 4.78 is 0. The van der Waals surface area contributed by atoms with Crippen LogP contribution in [0.4, 0.5) is 0 Å². The van der Waals surface area contributed by atoms with Gasteiger partial charge in [-0.1, -0.05) is 20.8 Å². The third-order valence-corrected chi connectivity index (χ3v) is 7.02. The molecule has 1 unspecified atom stereocenters. The summed E-state index contributed by atoms with van der Waals surface area (Å²) in [5.41, 5.74) is 5.53. The van der Waals surface area contributed by atoms with Gasteiger partial charge in [-0.3, -0.25) is 0 Å². The van der Waals surface area contributed by atoms with Crippen molar-refractivity contribution in [1.29, 1.82) is 0 Å². The molecule has 1 heterocycles. The summed E-state index contributed by atoms with van der Waals surface area (Å²) in [6.45, 7) is 11.6. The first kappa shape index (κ1) is 17.0. The van der Waals surface area contributed by atoms with Crippen LogP contribution in [-0.4, -0.2) is 11.7 Å². The minimum atomic E-state index is -0.816. The number of hydrogen-bond donors (Lipinski definition) is 2. The molecule has 0 bridgehead atoms. The Morgan fingerprint density at radius 1 is 1.24 bits per heavy atom. The van der Waals surface area contributed by atoms with Crippen molar-refractivity contribution in [2.24, 2.45) is 22.5 Å². The van der Waals surface area contributed by atoms with E-state index in [1.54, 1.807) is 11.3 Å². The van der Waals surface area contributed by atoms with Crippen molar-refractivity contribution >= 4 is 11.3 Å². The molecule has 0 saturated heterocycles. The second-order valence-electron chi connectivity index (χ2n) is 8.11. The van der Waals surface area contributed by atoms with Crippen molar-refractivity contribution in [1.82, 2.24) is 0 Å². The van der Waals surface area contributed by atoms with Crippen molar-refractivity contribution in [3.05, 3.63) is 21.9 Å². The van der Waals surface area contributed by atoms with Crippen LogP contribution in [-0.2, 0) is 5.60 Å². The van der Waals surface area contributed by atoms with Crippen LogP contribution in [0, 0.1) is 23.7 Å². The second kappa shape index (κ2) is 5.68. The maximum atomic E-state index is 11.3. The largest absolute Gasteiger partial charge is 0.384 e. The summed E-state index contributed by atoms with van der Waals surface area (Å²) in [5, 5.41) is 11.3. The Bertz CT molecular complexity index is 476. The van der Waals surface area contributed by atoms with Crippen molar-refractivity contribution in [2.75, 3.05) is 6.54 Å². The van der Waals surface area contributed by atoms with Crippen molar-refractivity contribution in [3.8, 4) is 0 Å². The van der Waals surface area contributed by atoms with Crippen molar-refractivity contribution in [2.45, 2.75) is 65.9 Å². The van der Waals surface area contributed by atoms with Gasteiger partial charge < -0.3 is 10.8 Å². The molecule has 3 N–H and O–H groups in total. The molecule has 2 rings (SSSR count). The van der Waals surface area contributed by atoms with Crippen LogP contribution in [0.25, 0.3) is 0 Å². The highest BCUT2D eigenvalue weighted by Crippen LogP contribution is 2.54. The first-order chi connectivity index (χ1) is 9.62. The molecule has 1 aliphatic carbocycles. The lowest BCUT2D eigenvalue weighted by atomic mass is 9.58. The van der Waals surface area contributed by atoms with E-state index >= 15 is 0 Å². The van der Waals surface area contributed by atoms with Gasteiger partial charge in [-0.15, -0.1) is 11.3 Å². The first-order valence-electron chi connectivity index (χ1n) is 8.12. The highest BCUT2D eigenvalue weighted by atomic mass is 32.1. The van der Waals surface area contributed by atoms with E-state index in [0.717, 1.165) is 23.6 Å². The fourth-order valence-electron chi connectivity index (χ4n) is 3.88. The predicted molar refractivity (Wildman–Crippen MR) is 91.5 cm³/mol.